The van der Waals surface area contributed by atoms with Crippen molar-refractivity contribution in [3.63, 3.8) is 0 Å². The van der Waals surface area contributed by atoms with Gasteiger partial charge in [0.25, 0.3) is 0 Å². The van der Waals surface area contributed by atoms with Crippen LogP contribution >= 0.6 is 0 Å². The molecule has 0 atom stereocenters. The Morgan fingerprint density at radius 2 is 2.36 bits per heavy atom. The fraction of sp³-hybridized carbons (Fsp3) is 0.182. The Labute approximate surface area is 82.1 Å². The molecule has 0 fully saturated rings. The van der Waals surface area contributed by atoms with E-state index in [4.69, 9.17) is 5.11 Å². The highest BCUT2D eigenvalue weighted by molar-refractivity contribution is 5.87. The number of hydrogen-bond acceptors (Lipinski definition) is 2. The minimum absolute atomic E-state index is 0.192. The first kappa shape index (κ1) is 8.97. The van der Waals surface area contributed by atoms with E-state index >= 15 is 0 Å². The van der Waals surface area contributed by atoms with Crippen LogP contribution in [-0.4, -0.2) is 21.9 Å². The number of aliphatic hydroxyl groups is 1. The van der Waals surface area contributed by atoms with E-state index in [-0.39, 0.29) is 6.61 Å². The predicted molar refractivity (Wildman–Crippen MR) is 56.8 cm³/mol. The van der Waals surface area contributed by atoms with E-state index in [0.717, 1.165) is 16.5 Å². The fourth-order valence-electron chi connectivity index (χ4n) is 1.42. The summed E-state index contributed by atoms with van der Waals surface area (Å²) in [4.78, 5) is 0. The number of aromatic amines is 1. The number of fused-ring (bicyclic) bond motifs is 1. The molecule has 3 heteroatoms. The van der Waals surface area contributed by atoms with Crippen molar-refractivity contribution in [2.45, 2.75) is 6.42 Å². The highest BCUT2D eigenvalue weighted by Gasteiger charge is 1.97. The number of aromatic nitrogens is 2. The molecule has 72 valence electrons. The summed E-state index contributed by atoms with van der Waals surface area (Å²) in [5.41, 5.74) is 2.17. The summed E-state index contributed by atoms with van der Waals surface area (Å²) < 4.78 is 0. The Kier molecular flexibility index (Phi) is 2.60. The predicted octanol–water partition coefficient (Wildman–Crippen LogP) is 1.96. The molecular formula is C11H12N2O. The van der Waals surface area contributed by atoms with Gasteiger partial charge in [0.05, 0.1) is 11.7 Å². The SMILES string of the molecule is OCCC=Cc1cccc2[nH]ncc12. The largest absolute Gasteiger partial charge is 0.396 e. The summed E-state index contributed by atoms with van der Waals surface area (Å²) in [6.07, 6.45) is 6.47. The van der Waals surface area contributed by atoms with Gasteiger partial charge < -0.3 is 5.11 Å². The summed E-state index contributed by atoms with van der Waals surface area (Å²) in [5, 5.41) is 16.7. The van der Waals surface area contributed by atoms with Crippen molar-refractivity contribution in [2.24, 2.45) is 0 Å². The average Bonchev–Trinajstić information content (AvgIpc) is 2.67. The molecular weight excluding hydrogens is 176 g/mol. The summed E-state index contributed by atoms with van der Waals surface area (Å²) in [5.74, 6) is 0. The maximum absolute atomic E-state index is 8.65. The number of hydrogen-bond donors (Lipinski definition) is 2. The Morgan fingerprint density at radius 3 is 3.21 bits per heavy atom. The van der Waals surface area contributed by atoms with Crippen LogP contribution in [0.15, 0.2) is 30.5 Å². The van der Waals surface area contributed by atoms with Crippen LogP contribution in [-0.2, 0) is 0 Å². The zero-order valence-electron chi connectivity index (χ0n) is 7.77. The summed E-state index contributed by atoms with van der Waals surface area (Å²) in [7, 11) is 0. The Hall–Kier alpha value is -1.61. The molecule has 1 aromatic carbocycles. The highest BCUT2D eigenvalue weighted by Crippen LogP contribution is 2.17. The maximum Gasteiger partial charge on any atom is 0.0656 e. The minimum atomic E-state index is 0.192. The monoisotopic (exact) mass is 188 g/mol. The second-order valence-electron chi connectivity index (χ2n) is 3.09. The van der Waals surface area contributed by atoms with Crippen molar-refractivity contribution < 1.29 is 5.11 Å². The summed E-state index contributed by atoms with van der Waals surface area (Å²) >= 11 is 0. The quantitative estimate of drug-likeness (QED) is 0.773. The molecule has 0 unspecified atom stereocenters. The lowest BCUT2D eigenvalue weighted by Gasteiger charge is -1.94. The lowest BCUT2D eigenvalue weighted by Crippen LogP contribution is -1.77. The van der Waals surface area contributed by atoms with Gasteiger partial charge in [0, 0.05) is 12.0 Å². The van der Waals surface area contributed by atoms with Crippen LogP contribution in [0.25, 0.3) is 17.0 Å². The van der Waals surface area contributed by atoms with Gasteiger partial charge >= 0.3 is 0 Å². The van der Waals surface area contributed by atoms with Gasteiger partial charge in [0.1, 0.15) is 0 Å². The molecule has 2 rings (SSSR count). The first-order valence-corrected chi connectivity index (χ1v) is 4.61. The third kappa shape index (κ3) is 1.67. The van der Waals surface area contributed by atoms with Crippen molar-refractivity contribution in [1.29, 1.82) is 0 Å². The van der Waals surface area contributed by atoms with E-state index < -0.39 is 0 Å². The van der Waals surface area contributed by atoms with Gasteiger partial charge in [-0.1, -0.05) is 24.3 Å². The molecule has 0 bridgehead atoms. The highest BCUT2D eigenvalue weighted by atomic mass is 16.2. The minimum Gasteiger partial charge on any atom is -0.396 e. The third-order valence-corrected chi connectivity index (χ3v) is 2.11. The molecule has 3 nitrogen and oxygen atoms in total. The van der Waals surface area contributed by atoms with Crippen LogP contribution in [0, 0.1) is 0 Å². The van der Waals surface area contributed by atoms with Gasteiger partial charge in [0.15, 0.2) is 0 Å². The van der Waals surface area contributed by atoms with Crippen molar-refractivity contribution >= 4 is 17.0 Å². The van der Waals surface area contributed by atoms with Crippen LogP contribution in [0.3, 0.4) is 0 Å². The molecule has 0 aliphatic heterocycles. The van der Waals surface area contributed by atoms with E-state index in [1.807, 2.05) is 36.5 Å². The molecule has 2 aromatic rings. The van der Waals surface area contributed by atoms with Gasteiger partial charge in [0.2, 0.25) is 0 Å². The Bertz CT molecular complexity index is 445. The van der Waals surface area contributed by atoms with Crippen LogP contribution < -0.4 is 0 Å². The van der Waals surface area contributed by atoms with Crippen LogP contribution in [0.2, 0.25) is 0 Å². The molecule has 0 spiro atoms. The second kappa shape index (κ2) is 4.07. The van der Waals surface area contributed by atoms with Gasteiger partial charge in [-0.2, -0.15) is 5.10 Å². The van der Waals surface area contributed by atoms with Crippen LogP contribution in [0.5, 0.6) is 0 Å². The third-order valence-electron chi connectivity index (χ3n) is 2.11. The van der Waals surface area contributed by atoms with Gasteiger partial charge in [-0.25, -0.2) is 0 Å². The zero-order valence-corrected chi connectivity index (χ0v) is 7.77. The van der Waals surface area contributed by atoms with E-state index in [9.17, 15) is 0 Å². The molecule has 2 N–H and O–H groups in total. The van der Waals surface area contributed by atoms with Crippen molar-refractivity contribution in [3.8, 4) is 0 Å². The van der Waals surface area contributed by atoms with Gasteiger partial charge in [-0.3, -0.25) is 5.10 Å². The number of H-pyrrole nitrogens is 1. The summed E-state index contributed by atoms with van der Waals surface area (Å²) in [6, 6.07) is 6.01. The smallest absolute Gasteiger partial charge is 0.0656 e. The normalized spacial score (nSPS) is 11.5. The first-order valence-electron chi connectivity index (χ1n) is 4.61. The molecule has 14 heavy (non-hydrogen) atoms. The molecule has 0 radical (unpaired) electrons. The molecule has 0 saturated heterocycles. The topological polar surface area (TPSA) is 48.9 Å². The maximum atomic E-state index is 8.65. The summed E-state index contributed by atoms with van der Waals surface area (Å²) in [6.45, 7) is 0.192. The number of aliphatic hydroxyl groups excluding tert-OH is 1. The van der Waals surface area contributed by atoms with Crippen molar-refractivity contribution in [1.82, 2.24) is 10.2 Å². The van der Waals surface area contributed by atoms with E-state index in [2.05, 4.69) is 10.2 Å². The average molecular weight is 188 g/mol. The lowest BCUT2D eigenvalue weighted by molar-refractivity contribution is 0.303. The van der Waals surface area contributed by atoms with Crippen LogP contribution in [0.4, 0.5) is 0 Å². The molecule has 0 saturated carbocycles. The number of nitrogens with one attached hydrogen (secondary N) is 1. The molecule has 1 heterocycles. The number of nitrogens with zero attached hydrogens (tertiary/aromatic N) is 1. The number of benzene rings is 1. The molecule has 1 aromatic heterocycles. The molecule has 0 amide bonds. The van der Waals surface area contributed by atoms with Crippen molar-refractivity contribution in [3.05, 3.63) is 36.0 Å². The van der Waals surface area contributed by atoms with Crippen LogP contribution in [0.1, 0.15) is 12.0 Å². The number of rotatable bonds is 3. The standard InChI is InChI=1S/C11H12N2O/c14-7-2-1-4-9-5-3-6-11-10(9)8-12-13-11/h1,3-6,8,14H,2,7H2,(H,12,13). The molecule has 0 aliphatic rings. The van der Waals surface area contributed by atoms with Gasteiger partial charge in [-0.15, -0.1) is 0 Å². The Morgan fingerprint density at radius 1 is 1.43 bits per heavy atom. The van der Waals surface area contributed by atoms with E-state index in [0.29, 0.717) is 6.42 Å². The first-order chi connectivity index (χ1) is 6.92. The van der Waals surface area contributed by atoms with E-state index in [1.54, 1.807) is 0 Å². The zero-order chi connectivity index (χ0) is 9.80. The Balaban J connectivity index is 2.36. The van der Waals surface area contributed by atoms with Gasteiger partial charge in [-0.05, 0) is 18.1 Å². The van der Waals surface area contributed by atoms with E-state index in [1.165, 1.54) is 0 Å². The second-order valence-corrected chi connectivity index (χ2v) is 3.09. The fourth-order valence-corrected chi connectivity index (χ4v) is 1.42. The van der Waals surface area contributed by atoms with Crippen molar-refractivity contribution in [2.75, 3.05) is 6.61 Å². The lowest BCUT2D eigenvalue weighted by atomic mass is 10.1. The molecule has 0 aliphatic carbocycles.